The number of hydrogen-bond acceptors (Lipinski definition) is 2. The number of rotatable bonds is 3. The lowest BCUT2D eigenvalue weighted by atomic mass is 10.0. The van der Waals surface area contributed by atoms with Gasteiger partial charge in [-0.15, -0.1) is 0 Å². The quantitative estimate of drug-likeness (QED) is 0.799. The average molecular weight is 349 g/mol. The summed E-state index contributed by atoms with van der Waals surface area (Å²) in [6.07, 6.45) is 7.44. The van der Waals surface area contributed by atoms with Gasteiger partial charge in [-0.25, -0.2) is 17.6 Å². The molecule has 0 bridgehead atoms. The van der Waals surface area contributed by atoms with E-state index >= 15 is 0 Å². The molecule has 0 aliphatic heterocycles. The summed E-state index contributed by atoms with van der Waals surface area (Å²) in [4.78, 5) is 0. The first kappa shape index (κ1) is 19.2. The second kappa shape index (κ2) is 7.60. The van der Waals surface area contributed by atoms with Crippen LogP contribution in [0.5, 0.6) is 0 Å². The van der Waals surface area contributed by atoms with Crippen molar-refractivity contribution in [1.82, 2.24) is 4.57 Å². The molecule has 1 atom stereocenters. The van der Waals surface area contributed by atoms with E-state index in [0.717, 1.165) is 6.42 Å². The van der Waals surface area contributed by atoms with Crippen molar-refractivity contribution in [3.05, 3.63) is 59.8 Å². The summed E-state index contributed by atoms with van der Waals surface area (Å²) in [6, 6.07) is 11.1. The maximum Gasteiger partial charge on any atom is 0.479 e. The molecule has 0 spiro atoms. The number of benzene rings is 1. The zero-order chi connectivity index (χ0) is 17.7. The van der Waals surface area contributed by atoms with Crippen molar-refractivity contribution in [2.45, 2.75) is 24.9 Å². The maximum absolute atomic E-state index is 10.8. The summed E-state index contributed by atoms with van der Waals surface area (Å²) in [7, 11) is -3.54. The lowest BCUT2D eigenvalue weighted by Crippen LogP contribution is -2.24. The van der Waals surface area contributed by atoms with Crippen LogP contribution in [-0.4, -0.2) is 18.5 Å². The Labute approximate surface area is 133 Å². The van der Waals surface area contributed by atoms with E-state index in [4.69, 9.17) is 5.14 Å². The Morgan fingerprint density at radius 3 is 2.13 bits per heavy atom. The molecule has 1 aromatic carbocycles. The molecule has 23 heavy (non-hydrogen) atoms. The minimum Gasteiger partial charge on any atom is -0.556 e. The fraction of sp³-hybridized carbons (Fsp3) is 0.357. The maximum atomic E-state index is 10.8. The lowest BCUT2D eigenvalue weighted by Gasteiger charge is -2.11. The van der Waals surface area contributed by atoms with Gasteiger partial charge in [0, 0.05) is 0 Å². The third-order valence-corrected chi connectivity index (χ3v) is 3.63. The molecule has 0 saturated heterocycles. The Morgan fingerprint density at radius 2 is 1.78 bits per heavy atom. The van der Waals surface area contributed by atoms with Crippen LogP contribution in [0.15, 0.2) is 49.1 Å². The highest BCUT2D eigenvalue weighted by Gasteiger charge is 2.36. The van der Waals surface area contributed by atoms with Gasteiger partial charge in [-0.2, -0.15) is 13.2 Å². The summed E-state index contributed by atoms with van der Waals surface area (Å²) in [5, 5.41) is 5.43. The van der Waals surface area contributed by atoms with Crippen molar-refractivity contribution in [3.63, 3.8) is 0 Å². The Balaban J connectivity index is 0.000000284. The van der Waals surface area contributed by atoms with Gasteiger partial charge in [-0.3, -0.25) is 0 Å². The molecule has 9 heteroatoms. The normalized spacial score (nSPS) is 13.1. The topological polar surface area (TPSA) is 66.8 Å². The predicted octanol–water partition coefficient (Wildman–Crippen LogP) is 3.20. The Hall–Kier alpha value is -1.87. The molecule has 5 nitrogen and oxygen atoms in total. The molecule has 2 rings (SSSR count). The zero-order valence-corrected chi connectivity index (χ0v) is 13.5. The minimum absolute atomic E-state index is 0.451. The fourth-order valence-corrected chi connectivity index (χ4v) is 1.95. The van der Waals surface area contributed by atoms with Crippen molar-refractivity contribution in [1.29, 1.82) is 0 Å². The summed E-state index contributed by atoms with van der Waals surface area (Å²) < 4.78 is 55.1. The van der Waals surface area contributed by atoms with Crippen LogP contribution >= 0.6 is 0 Å². The predicted molar refractivity (Wildman–Crippen MR) is 79.8 cm³/mol. The third kappa shape index (κ3) is 5.68. The molecule has 1 N–H and O–H groups in total. The number of nitrogens with zero attached hydrogens (tertiary/aromatic N) is 2. The fourth-order valence-electron chi connectivity index (χ4n) is 1.95. The molecule has 0 aliphatic carbocycles. The van der Waals surface area contributed by atoms with Crippen molar-refractivity contribution in [3.8, 4) is 0 Å². The van der Waals surface area contributed by atoms with E-state index in [1.165, 1.54) is 5.56 Å². The van der Waals surface area contributed by atoms with Crippen LogP contribution in [0, 0.1) is 0 Å². The van der Waals surface area contributed by atoms with Gasteiger partial charge in [0.05, 0.1) is 7.05 Å². The summed E-state index contributed by atoms with van der Waals surface area (Å²) in [5.74, 6) is 0. The van der Waals surface area contributed by atoms with Crippen molar-refractivity contribution in [2.24, 2.45) is 7.05 Å². The number of imidazole rings is 1. The molecule has 1 aromatic heterocycles. The van der Waals surface area contributed by atoms with Crippen molar-refractivity contribution >= 4 is 10.0 Å². The number of nitrogens with one attached hydrogen (secondary N) is 1. The summed E-state index contributed by atoms with van der Waals surface area (Å²) in [6.45, 7) is 2.22. The molecule has 0 saturated carbocycles. The average Bonchev–Trinajstić information content (AvgIpc) is 2.86. The second-order valence-corrected chi connectivity index (χ2v) is 6.28. The number of halogens is 3. The highest BCUT2D eigenvalue weighted by Crippen LogP contribution is 2.23. The Bertz CT molecular complexity index is 712. The highest BCUT2D eigenvalue weighted by molar-refractivity contribution is 7.93. The van der Waals surface area contributed by atoms with E-state index in [1.807, 2.05) is 7.05 Å². The Kier molecular flexibility index (Phi) is 6.34. The zero-order valence-electron chi connectivity index (χ0n) is 12.7. The molecule has 1 heterocycles. The molecule has 2 aromatic rings. The van der Waals surface area contributed by atoms with Crippen LogP contribution in [0.25, 0.3) is 5.14 Å². The molecule has 1 unspecified atom stereocenters. The highest BCUT2D eigenvalue weighted by atomic mass is 32.2. The number of aryl methyl sites for hydroxylation is 1. The lowest BCUT2D eigenvalue weighted by molar-refractivity contribution is -0.671. The largest absolute Gasteiger partial charge is 0.556 e. The molecule has 0 radical (unpaired) electrons. The second-order valence-electron chi connectivity index (χ2n) is 4.81. The van der Waals surface area contributed by atoms with Crippen LogP contribution in [0.4, 0.5) is 13.2 Å². The summed E-state index contributed by atoms with van der Waals surface area (Å²) in [5.41, 5.74) is -4.05. The number of hydrogen-bond donors (Lipinski definition) is 0. The molecule has 0 fully saturated rings. The monoisotopic (exact) mass is 349 g/mol. The van der Waals surface area contributed by atoms with Gasteiger partial charge in [0.2, 0.25) is 6.33 Å². The molecule has 0 amide bonds. The van der Waals surface area contributed by atoms with Crippen molar-refractivity contribution < 1.29 is 26.2 Å². The molecule has 0 aliphatic rings. The van der Waals surface area contributed by atoms with Gasteiger partial charge in [0.25, 0.3) is 0 Å². The number of aromatic nitrogens is 2. The van der Waals surface area contributed by atoms with E-state index in [9.17, 15) is 21.6 Å². The molecular formula is C14H18F3N3O2S. The Morgan fingerprint density at radius 1 is 1.26 bits per heavy atom. The third-order valence-electron chi connectivity index (χ3n) is 3.03. The van der Waals surface area contributed by atoms with Crippen LogP contribution in [0.2, 0.25) is 0 Å². The first-order valence-corrected chi connectivity index (χ1v) is 8.18. The SMILES string of the molecule is CCC(c1ccccc1)n1cc[n+](C)c1.[NH-]S(=O)(=O)C(F)(F)F. The van der Waals surface area contributed by atoms with Crippen molar-refractivity contribution in [2.75, 3.05) is 0 Å². The van der Waals surface area contributed by atoms with E-state index in [-0.39, 0.29) is 0 Å². The first-order valence-electron chi connectivity index (χ1n) is 6.69. The molecule has 128 valence electrons. The van der Waals surface area contributed by atoms with Crippen LogP contribution in [0.3, 0.4) is 0 Å². The number of sulfonamides is 1. The van der Waals surface area contributed by atoms with E-state index < -0.39 is 15.5 Å². The van der Waals surface area contributed by atoms with E-state index in [1.54, 1.807) is 0 Å². The van der Waals surface area contributed by atoms with Gasteiger partial charge in [0.15, 0.2) is 10.0 Å². The smallest absolute Gasteiger partial charge is 0.479 e. The molecular weight excluding hydrogens is 331 g/mol. The van der Waals surface area contributed by atoms with E-state index in [2.05, 4.69) is 65.1 Å². The number of alkyl halides is 3. The summed E-state index contributed by atoms with van der Waals surface area (Å²) >= 11 is 0. The van der Waals surface area contributed by atoms with Gasteiger partial charge >= 0.3 is 5.51 Å². The van der Waals surface area contributed by atoms with Crippen LogP contribution < -0.4 is 4.57 Å². The van der Waals surface area contributed by atoms with Gasteiger partial charge < -0.3 is 5.14 Å². The standard InChI is InChI=1S/C13H17N2.CHF3NO2S/c1-3-13(12-7-5-4-6-8-12)15-10-9-14(2)11-15;2-1(3,4)8(5,6)7/h4-11,13H,3H2,1-2H3;(H-,5,6,7)/q+1;-1. The van der Waals surface area contributed by atoms with Crippen LogP contribution in [-0.2, 0) is 17.1 Å². The van der Waals surface area contributed by atoms with Gasteiger partial charge in [-0.05, 0) is 12.0 Å². The first-order chi connectivity index (χ1) is 10.6. The van der Waals surface area contributed by atoms with Crippen LogP contribution in [0.1, 0.15) is 24.9 Å². The minimum atomic E-state index is -5.59. The van der Waals surface area contributed by atoms with Gasteiger partial charge in [-0.1, -0.05) is 37.3 Å². The van der Waals surface area contributed by atoms with E-state index in [0.29, 0.717) is 6.04 Å². The van der Waals surface area contributed by atoms with Gasteiger partial charge in [0.1, 0.15) is 18.4 Å².